The lowest BCUT2D eigenvalue weighted by atomic mass is 9.86. The zero-order valence-electron chi connectivity index (χ0n) is 10.2. The summed E-state index contributed by atoms with van der Waals surface area (Å²) in [5, 5.41) is 9.75. The van der Waals surface area contributed by atoms with Crippen LogP contribution >= 0.6 is 0 Å². The average molecular weight is 222 g/mol. The van der Waals surface area contributed by atoms with E-state index in [4.69, 9.17) is 4.74 Å². The molecule has 1 rings (SSSR count). The van der Waals surface area contributed by atoms with Gasteiger partial charge in [0.1, 0.15) is 11.3 Å². The van der Waals surface area contributed by atoms with Crippen LogP contribution in [0.5, 0.6) is 5.75 Å². The zero-order chi connectivity index (χ0) is 12.3. The number of carbonyl (C=O) groups is 1. The first-order valence-corrected chi connectivity index (χ1v) is 5.37. The van der Waals surface area contributed by atoms with Crippen LogP contribution in [-0.4, -0.2) is 17.7 Å². The number of ether oxygens (including phenoxy) is 1. The Morgan fingerprint density at radius 2 is 2.00 bits per heavy atom. The molecule has 0 saturated carbocycles. The highest BCUT2D eigenvalue weighted by Crippen LogP contribution is 2.28. The summed E-state index contributed by atoms with van der Waals surface area (Å²) >= 11 is 0. The lowest BCUT2D eigenvalue weighted by Gasteiger charge is -2.19. The van der Waals surface area contributed by atoms with Crippen LogP contribution in [0.15, 0.2) is 18.2 Å². The van der Waals surface area contributed by atoms with E-state index in [-0.39, 0.29) is 16.7 Å². The molecule has 3 nitrogen and oxygen atoms in total. The fraction of sp³-hybridized carbons (Fsp3) is 0.462. The van der Waals surface area contributed by atoms with E-state index in [0.717, 1.165) is 5.56 Å². The Bertz CT molecular complexity index is 389. The van der Waals surface area contributed by atoms with Gasteiger partial charge < -0.3 is 9.84 Å². The first kappa shape index (κ1) is 12.6. The van der Waals surface area contributed by atoms with Crippen LogP contribution in [0.25, 0.3) is 0 Å². The minimum absolute atomic E-state index is 0.0223. The van der Waals surface area contributed by atoms with Crippen molar-refractivity contribution in [1.82, 2.24) is 0 Å². The summed E-state index contributed by atoms with van der Waals surface area (Å²) in [4.78, 5) is 11.4. The maximum absolute atomic E-state index is 11.4. The molecule has 0 aliphatic carbocycles. The number of esters is 1. The van der Waals surface area contributed by atoms with Gasteiger partial charge in [0.25, 0.3) is 0 Å². The van der Waals surface area contributed by atoms with Crippen molar-refractivity contribution in [3.05, 3.63) is 29.3 Å². The number of phenols is 1. The molecule has 0 aromatic heterocycles. The molecule has 0 unspecified atom stereocenters. The second kappa shape index (κ2) is 4.56. The van der Waals surface area contributed by atoms with Gasteiger partial charge in [-0.25, -0.2) is 4.79 Å². The predicted octanol–water partition coefficient (Wildman–Crippen LogP) is 2.87. The van der Waals surface area contributed by atoms with E-state index >= 15 is 0 Å². The zero-order valence-corrected chi connectivity index (χ0v) is 10.2. The van der Waals surface area contributed by atoms with Gasteiger partial charge in [-0.3, -0.25) is 0 Å². The molecular weight excluding hydrogens is 204 g/mol. The summed E-state index contributed by atoms with van der Waals surface area (Å²) in [6.45, 7) is 8.18. The second-order valence-electron chi connectivity index (χ2n) is 4.70. The van der Waals surface area contributed by atoms with Crippen molar-refractivity contribution in [1.29, 1.82) is 0 Å². The number of benzene rings is 1. The Morgan fingerprint density at radius 3 is 2.44 bits per heavy atom. The summed E-state index contributed by atoms with van der Waals surface area (Å²) in [5.74, 6) is -0.508. The average Bonchev–Trinajstić information content (AvgIpc) is 2.16. The van der Waals surface area contributed by atoms with E-state index in [1.807, 2.05) is 26.8 Å². The monoisotopic (exact) mass is 222 g/mol. The van der Waals surface area contributed by atoms with Crippen LogP contribution in [0.4, 0.5) is 0 Å². The topological polar surface area (TPSA) is 46.5 Å². The van der Waals surface area contributed by atoms with Crippen LogP contribution in [0, 0.1) is 0 Å². The van der Waals surface area contributed by atoms with Crippen LogP contribution in [-0.2, 0) is 10.2 Å². The van der Waals surface area contributed by atoms with Gasteiger partial charge in [0.05, 0.1) is 6.61 Å². The molecule has 0 aliphatic rings. The van der Waals surface area contributed by atoms with Crippen molar-refractivity contribution < 1.29 is 14.6 Å². The van der Waals surface area contributed by atoms with Crippen molar-refractivity contribution in [2.24, 2.45) is 0 Å². The third-order valence-electron chi connectivity index (χ3n) is 2.36. The molecular formula is C13H18O3. The van der Waals surface area contributed by atoms with E-state index < -0.39 is 5.97 Å². The number of rotatable bonds is 2. The minimum Gasteiger partial charge on any atom is -0.507 e. The Kier molecular flexibility index (Phi) is 3.58. The standard InChI is InChI=1S/C13H18O3/c1-5-16-12(15)10-7-6-9(8-11(10)14)13(2,3)4/h6-8,14H,5H2,1-4H3. The fourth-order valence-electron chi connectivity index (χ4n) is 1.38. The van der Waals surface area contributed by atoms with Crippen LogP contribution in [0.3, 0.4) is 0 Å². The quantitative estimate of drug-likeness (QED) is 0.783. The Morgan fingerprint density at radius 1 is 1.38 bits per heavy atom. The van der Waals surface area contributed by atoms with Gasteiger partial charge >= 0.3 is 5.97 Å². The molecule has 16 heavy (non-hydrogen) atoms. The summed E-state index contributed by atoms with van der Waals surface area (Å²) in [5.41, 5.74) is 1.15. The third-order valence-corrected chi connectivity index (χ3v) is 2.36. The molecule has 3 heteroatoms. The molecule has 0 atom stereocenters. The van der Waals surface area contributed by atoms with Crippen molar-refractivity contribution in [2.45, 2.75) is 33.1 Å². The lowest BCUT2D eigenvalue weighted by Crippen LogP contribution is -2.12. The second-order valence-corrected chi connectivity index (χ2v) is 4.70. The van der Waals surface area contributed by atoms with Gasteiger partial charge in [-0.15, -0.1) is 0 Å². The molecule has 1 aromatic rings. The van der Waals surface area contributed by atoms with E-state index in [1.165, 1.54) is 0 Å². The van der Waals surface area contributed by atoms with E-state index in [9.17, 15) is 9.90 Å². The molecule has 1 N–H and O–H groups in total. The van der Waals surface area contributed by atoms with Gasteiger partial charge in [0.15, 0.2) is 0 Å². The Balaban J connectivity index is 3.05. The third kappa shape index (κ3) is 2.75. The van der Waals surface area contributed by atoms with Gasteiger partial charge in [0, 0.05) is 0 Å². The van der Waals surface area contributed by atoms with Crippen LogP contribution < -0.4 is 0 Å². The van der Waals surface area contributed by atoms with Crippen molar-refractivity contribution >= 4 is 5.97 Å². The van der Waals surface area contributed by atoms with Gasteiger partial charge in [-0.05, 0) is 30.0 Å². The molecule has 0 spiro atoms. The lowest BCUT2D eigenvalue weighted by molar-refractivity contribution is 0.0523. The van der Waals surface area contributed by atoms with E-state index in [2.05, 4.69) is 0 Å². The molecule has 0 heterocycles. The molecule has 0 bridgehead atoms. The van der Waals surface area contributed by atoms with Gasteiger partial charge in [-0.2, -0.15) is 0 Å². The first-order valence-electron chi connectivity index (χ1n) is 5.37. The largest absolute Gasteiger partial charge is 0.507 e. The molecule has 0 saturated heterocycles. The van der Waals surface area contributed by atoms with Gasteiger partial charge in [0.2, 0.25) is 0 Å². The Hall–Kier alpha value is -1.51. The molecule has 1 aromatic carbocycles. The van der Waals surface area contributed by atoms with Crippen molar-refractivity contribution in [3.8, 4) is 5.75 Å². The minimum atomic E-state index is -0.486. The maximum atomic E-state index is 11.4. The molecule has 0 amide bonds. The van der Waals surface area contributed by atoms with Crippen LogP contribution in [0.1, 0.15) is 43.6 Å². The highest BCUT2D eigenvalue weighted by Gasteiger charge is 2.18. The highest BCUT2D eigenvalue weighted by molar-refractivity contribution is 5.92. The number of phenolic OH excluding ortho intramolecular Hbond substituents is 1. The molecule has 0 fully saturated rings. The number of hydrogen-bond acceptors (Lipinski definition) is 3. The Labute approximate surface area is 96.1 Å². The fourth-order valence-corrected chi connectivity index (χ4v) is 1.38. The maximum Gasteiger partial charge on any atom is 0.341 e. The SMILES string of the molecule is CCOC(=O)c1ccc(C(C)(C)C)cc1O. The summed E-state index contributed by atoms with van der Waals surface area (Å²) in [6.07, 6.45) is 0. The number of hydrogen-bond donors (Lipinski definition) is 1. The number of carbonyl (C=O) groups excluding carboxylic acids is 1. The van der Waals surface area contributed by atoms with Crippen molar-refractivity contribution in [2.75, 3.05) is 6.61 Å². The van der Waals surface area contributed by atoms with E-state index in [1.54, 1.807) is 19.1 Å². The molecule has 88 valence electrons. The molecule has 0 aliphatic heterocycles. The summed E-state index contributed by atoms with van der Waals surface area (Å²) in [6, 6.07) is 5.06. The predicted molar refractivity (Wildman–Crippen MR) is 62.8 cm³/mol. The number of aromatic hydroxyl groups is 1. The molecule has 0 radical (unpaired) electrons. The van der Waals surface area contributed by atoms with E-state index in [0.29, 0.717) is 6.61 Å². The van der Waals surface area contributed by atoms with Gasteiger partial charge in [-0.1, -0.05) is 26.8 Å². The van der Waals surface area contributed by atoms with Crippen LogP contribution in [0.2, 0.25) is 0 Å². The first-order chi connectivity index (χ1) is 7.36. The van der Waals surface area contributed by atoms with Crippen molar-refractivity contribution in [3.63, 3.8) is 0 Å². The smallest absolute Gasteiger partial charge is 0.341 e. The highest BCUT2D eigenvalue weighted by atomic mass is 16.5. The normalized spacial score (nSPS) is 11.2. The summed E-state index contributed by atoms with van der Waals surface area (Å²) in [7, 11) is 0. The summed E-state index contributed by atoms with van der Waals surface area (Å²) < 4.78 is 4.84.